The molecule has 0 aliphatic heterocycles. The van der Waals surface area contributed by atoms with Gasteiger partial charge in [-0.1, -0.05) is 19.8 Å². The average Bonchev–Trinajstić information content (AvgIpc) is 2.60. The molecule has 1 rings (SSSR count). The predicted octanol–water partition coefficient (Wildman–Crippen LogP) is 2.06. The highest BCUT2D eigenvalue weighted by molar-refractivity contribution is 4.87. The molecular weight excluding hydrogens is 172 g/mol. The van der Waals surface area contributed by atoms with Crippen molar-refractivity contribution in [3.63, 3.8) is 0 Å². The minimum atomic E-state index is 0.473. The maximum atomic E-state index is 5.60. The summed E-state index contributed by atoms with van der Waals surface area (Å²) < 4.78 is 0. The lowest BCUT2D eigenvalue weighted by atomic mass is 9.88. The first-order valence-corrected chi connectivity index (χ1v) is 5.69. The van der Waals surface area contributed by atoms with Gasteiger partial charge in [0.1, 0.15) is 0 Å². The molecular formula is C12H22N2. The van der Waals surface area contributed by atoms with Crippen LogP contribution in [-0.4, -0.2) is 6.04 Å². The standard InChI is InChI=1S/C12H22N2/c1-3-4-5-9-12(14-13)11-8-6-7-10(11)2/h1,10-12,14H,4-9,13H2,2H3. The van der Waals surface area contributed by atoms with Crippen LogP contribution in [0.4, 0.5) is 0 Å². The van der Waals surface area contributed by atoms with E-state index in [0.29, 0.717) is 6.04 Å². The summed E-state index contributed by atoms with van der Waals surface area (Å²) in [6, 6.07) is 0.473. The first-order chi connectivity index (χ1) is 6.79. The number of hydrazine groups is 1. The van der Waals surface area contributed by atoms with Crippen LogP contribution in [0.15, 0.2) is 0 Å². The largest absolute Gasteiger partial charge is 0.271 e. The van der Waals surface area contributed by atoms with E-state index in [4.69, 9.17) is 12.3 Å². The Morgan fingerprint density at radius 1 is 1.57 bits per heavy atom. The number of nitrogens with two attached hydrogens (primary N) is 1. The number of rotatable bonds is 5. The van der Waals surface area contributed by atoms with E-state index in [1.165, 1.54) is 19.3 Å². The number of hydrogen-bond acceptors (Lipinski definition) is 2. The van der Waals surface area contributed by atoms with Crippen molar-refractivity contribution >= 4 is 0 Å². The van der Waals surface area contributed by atoms with Crippen LogP contribution in [0.25, 0.3) is 0 Å². The molecule has 14 heavy (non-hydrogen) atoms. The van der Waals surface area contributed by atoms with Gasteiger partial charge in [0.2, 0.25) is 0 Å². The Balaban J connectivity index is 2.33. The Morgan fingerprint density at radius 3 is 2.86 bits per heavy atom. The fraction of sp³-hybridized carbons (Fsp3) is 0.833. The predicted molar refractivity (Wildman–Crippen MR) is 60.3 cm³/mol. The molecule has 0 bridgehead atoms. The summed E-state index contributed by atoms with van der Waals surface area (Å²) >= 11 is 0. The SMILES string of the molecule is C#CCCCC(NN)C1CCCC1C. The molecule has 2 heteroatoms. The summed E-state index contributed by atoms with van der Waals surface area (Å²) in [7, 11) is 0. The van der Waals surface area contributed by atoms with Crippen molar-refractivity contribution in [1.82, 2.24) is 5.43 Å². The third kappa shape index (κ3) is 3.01. The van der Waals surface area contributed by atoms with E-state index in [1.807, 2.05) is 0 Å². The van der Waals surface area contributed by atoms with E-state index in [1.54, 1.807) is 0 Å². The smallest absolute Gasteiger partial charge is 0.0241 e. The van der Waals surface area contributed by atoms with Crippen LogP contribution in [0.3, 0.4) is 0 Å². The minimum Gasteiger partial charge on any atom is -0.271 e. The Hall–Kier alpha value is -0.520. The molecule has 0 aromatic carbocycles. The monoisotopic (exact) mass is 194 g/mol. The normalized spacial score (nSPS) is 28.6. The number of unbranched alkanes of at least 4 members (excludes halogenated alkanes) is 1. The van der Waals surface area contributed by atoms with Crippen LogP contribution in [0.1, 0.15) is 45.4 Å². The summed E-state index contributed by atoms with van der Waals surface area (Å²) in [5, 5.41) is 0. The molecule has 0 aromatic rings. The van der Waals surface area contributed by atoms with E-state index in [0.717, 1.165) is 31.1 Å². The lowest BCUT2D eigenvalue weighted by molar-refractivity contribution is 0.283. The van der Waals surface area contributed by atoms with Crippen molar-refractivity contribution in [2.75, 3.05) is 0 Å². The van der Waals surface area contributed by atoms with E-state index < -0.39 is 0 Å². The second kappa shape index (κ2) is 6.06. The maximum absolute atomic E-state index is 5.60. The zero-order valence-electron chi connectivity index (χ0n) is 9.13. The second-order valence-electron chi connectivity index (χ2n) is 4.44. The Morgan fingerprint density at radius 2 is 2.36 bits per heavy atom. The molecule has 0 heterocycles. The Bertz CT molecular complexity index is 195. The zero-order valence-corrected chi connectivity index (χ0v) is 9.13. The summed E-state index contributed by atoms with van der Waals surface area (Å²) in [5.41, 5.74) is 2.96. The number of nitrogens with one attached hydrogen (secondary N) is 1. The average molecular weight is 194 g/mol. The summed E-state index contributed by atoms with van der Waals surface area (Å²) in [4.78, 5) is 0. The zero-order chi connectivity index (χ0) is 10.4. The molecule has 1 saturated carbocycles. The molecule has 0 saturated heterocycles. The van der Waals surface area contributed by atoms with Gasteiger partial charge in [0.05, 0.1) is 0 Å². The first-order valence-electron chi connectivity index (χ1n) is 5.69. The van der Waals surface area contributed by atoms with Crippen LogP contribution in [0.2, 0.25) is 0 Å². The van der Waals surface area contributed by atoms with E-state index >= 15 is 0 Å². The topological polar surface area (TPSA) is 38.0 Å². The molecule has 0 aromatic heterocycles. The van der Waals surface area contributed by atoms with Crippen molar-refractivity contribution in [3.05, 3.63) is 0 Å². The van der Waals surface area contributed by atoms with Crippen molar-refractivity contribution in [3.8, 4) is 12.3 Å². The molecule has 3 N–H and O–H groups in total. The van der Waals surface area contributed by atoms with Crippen LogP contribution >= 0.6 is 0 Å². The van der Waals surface area contributed by atoms with E-state index in [-0.39, 0.29) is 0 Å². The molecule has 1 aliphatic carbocycles. The van der Waals surface area contributed by atoms with Gasteiger partial charge in [-0.2, -0.15) is 0 Å². The molecule has 1 fully saturated rings. The first kappa shape index (κ1) is 11.6. The number of hydrogen-bond donors (Lipinski definition) is 2. The molecule has 0 radical (unpaired) electrons. The highest BCUT2D eigenvalue weighted by Crippen LogP contribution is 2.34. The van der Waals surface area contributed by atoms with Gasteiger partial charge in [0.15, 0.2) is 0 Å². The molecule has 0 amide bonds. The Labute approximate surface area is 87.6 Å². The highest BCUT2D eigenvalue weighted by Gasteiger charge is 2.29. The molecule has 2 nitrogen and oxygen atoms in total. The summed E-state index contributed by atoms with van der Waals surface area (Å²) in [6.45, 7) is 2.34. The van der Waals surface area contributed by atoms with Gasteiger partial charge in [0.25, 0.3) is 0 Å². The van der Waals surface area contributed by atoms with Gasteiger partial charge >= 0.3 is 0 Å². The van der Waals surface area contributed by atoms with Gasteiger partial charge in [0, 0.05) is 12.5 Å². The molecule has 1 aliphatic rings. The third-order valence-corrected chi connectivity index (χ3v) is 3.49. The van der Waals surface area contributed by atoms with Gasteiger partial charge in [-0.05, 0) is 31.1 Å². The van der Waals surface area contributed by atoms with Crippen molar-refractivity contribution in [1.29, 1.82) is 0 Å². The molecule has 80 valence electrons. The Kier molecular flexibility index (Phi) is 5.00. The van der Waals surface area contributed by atoms with Crippen molar-refractivity contribution in [2.45, 2.75) is 51.5 Å². The maximum Gasteiger partial charge on any atom is 0.0241 e. The lowest BCUT2D eigenvalue weighted by Gasteiger charge is -2.26. The summed E-state index contributed by atoms with van der Waals surface area (Å²) in [6.07, 6.45) is 12.4. The molecule has 3 atom stereocenters. The fourth-order valence-corrected chi connectivity index (χ4v) is 2.62. The van der Waals surface area contributed by atoms with Crippen molar-refractivity contribution in [2.24, 2.45) is 17.7 Å². The minimum absolute atomic E-state index is 0.473. The van der Waals surface area contributed by atoms with Crippen LogP contribution in [-0.2, 0) is 0 Å². The number of terminal acetylenes is 1. The van der Waals surface area contributed by atoms with Crippen LogP contribution in [0, 0.1) is 24.2 Å². The van der Waals surface area contributed by atoms with Gasteiger partial charge in [-0.3, -0.25) is 11.3 Å². The van der Waals surface area contributed by atoms with E-state index in [2.05, 4.69) is 18.3 Å². The van der Waals surface area contributed by atoms with Crippen LogP contribution in [0.5, 0.6) is 0 Å². The second-order valence-corrected chi connectivity index (χ2v) is 4.44. The fourth-order valence-electron chi connectivity index (χ4n) is 2.62. The highest BCUT2D eigenvalue weighted by atomic mass is 15.2. The van der Waals surface area contributed by atoms with Crippen LogP contribution < -0.4 is 11.3 Å². The van der Waals surface area contributed by atoms with Gasteiger partial charge in [-0.25, -0.2) is 0 Å². The van der Waals surface area contributed by atoms with Gasteiger partial charge in [-0.15, -0.1) is 12.3 Å². The van der Waals surface area contributed by atoms with Gasteiger partial charge < -0.3 is 0 Å². The third-order valence-electron chi connectivity index (χ3n) is 3.49. The lowest BCUT2D eigenvalue weighted by Crippen LogP contribution is -2.41. The molecule has 0 spiro atoms. The quantitative estimate of drug-likeness (QED) is 0.304. The van der Waals surface area contributed by atoms with Crippen molar-refractivity contribution < 1.29 is 0 Å². The summed E-state index contributed by atoms with van der Waals surface area (Å²) in [5.74, 6) is 9.86. The molecule has 3 unspecified atom stereocenters. The van der Waals surface area contributed by atoms with E-state index in [9.17, 15) is 0 Å².